The number of carbonyl (C=O) groups excluding carboxylic acids is 2. The second-order valence-corrected chi connectivity index (χ2v) is 7.44. The Labute approximate surface area is 127 Å². The zero-order valence-corrected chi connectivity index (χ0v) is 13.3. The molecule has 2 bridgehead atoms. The minimum Gasteiger partial charge on any atom is -0.345 e. The van der Waals surface area contributed by atoms with E-state index in [1.54, 1.807) is 4.90 Å². The highest BCUT2D eigenvalue weighted by Crippen LogP contribution is 2.49. The van der Waals surface area contributed by atoms with Crippen molar-refractivity contribution in [3.8, 4) is 0 Å². The summed E-state index contributed by atoms with van der Waals surface area (Å²) in [4.78, 5) is 26.3. The van der Waals surface area contributed by atoms with Gasteiger partial charge in [0.1, 0.15) is 0 Å². The van der Waals surface area contributed by atoms with Crippen LogP contribution in [-0.2, 0) is 9.59 Å². The van der Waals surface area contributed by atoms with Gasteiger partial charge in [0.05, 0.1) is 0 Å². The van der Waals surface area contributed by atoms with Crippen LogP contribution in [-0.4, -0.2) is 35.3 Å². The third-order valence-electron chi connectivity index (χ3n) is 6.05. The highest BCUT2D eigenvalue weighted by molar-refractivity contribution is 6.35. The Morgan fingerprint density at radius 3 is 2.57 bits per heavy atom. The monoisotopic (exact) mass is 292 g/mol. The van der Waals surface area contributed by atoms with Gasteiger partial charge in [-0.15, -0.1) is 0 Å². The van der Waals surface area contributed by atoms with Gasteiger partial charge in [0.2, 0.25) is 0 Å². The summed E-state index contributed by atoms with van der Waals surface area (Å²) < 4.78 is 0. The zero-order chi connectivity index (χ0) is 15.0. The number of nitrogens with zero attached hydrogens (tertiary/aromatic N) is 1. The Kier molecular flexibility index (Phi) is 4.23. The van der Waals surface area contributed by atoms with Crippen molar-refractivity contribution in [2.24, 2.45) is 17.8 Å². The first kappa shape index (κ1) is 14.9. The fraction of sp³-hybridized carbons (Fsp3) is 0.882. The predicted octanol–water partition coefficient (Wildman–Crippen LogP) is 2.33. The molecule has 5 unspecified atom stereocenters. The lowest BCUT2D eigenvalue weighted by Gasteiger charge is -2.34. The van der Waals surface area contributed by atoms with E-state index in [-0.39, 0.29) is 23.9 Å². The highest BCUT2D eigenvalue weighted by Gasteiger charge is 2.42. The Morgan fingerprint density at radius 2 is 1.95 bits per heavy atom. The molecule has 0 spiro atoms. The Hall–Kier alpha value is -1.06. The van der Waals surface area contributed by atoms with E-state index in [1.807, 2.05) is 6.92 Å². The maximum atomic E-state index is 12.3. The molecule has 1 heterocycles. The SMILES string of the molecule is CC(NC(=O)C(=O)N1CCCCC1C)C1CC2CCC1C2. The molecule has 3 aliphatic rings. The Bertz CT molecular complexity index is 423. The molecule has 0 radical (unpaired) electrons. The summed E-state index contributed by atoms with van der Waals surface area (Å²) >= 11 is 0. The van der Waals surface area contributed by atoms with Gasteiger partial charge in [0, 0.05) is 18.6 Å². The van der Waals surface area contributed by atoms with Gasteiger partial charge in [0.25, 0.3) is 0 Å². The maximum Gasteiger partial charge on any atom is 0.312 e. The van der Waals surface area contributed by atoms with E-state index in [9.17, 15) is 9.59 Å². The normalized spacial score (nSPS) is 36.6. The minimum absolute atomic E-state index is 0.136. The van der Waals surface area contributed by atoms with E-state index >= 15 is 0 Å². The first-order valence-electron chi connectivity index (χ1n) is 8.67. The van der Waals surface area contributed by atoms with Crippen LogP contribution < -0.4 is 5.32 Å². The van der Waals surface area contributed by atoms with Gasteiger partial charge in [-0.1, -0.05) is 6.42 Å². The van der Waals surface area contributed by atoms with Crippen LogP contribution in [0, 0.1) is 17.8 Å². The fourth-order valence-electron chi connectivity index (χ4n) is 4.81. The molecule has 0 aromatic rings. The molecule has 5 atom stereocenters. The highest BCUT2D eigenvalue weighted by atomic mass is 16.2. The van der Waals surface area contributed by atoms with Crippen molar-refractivity contribution in [3.05, 3.63) is 0 Å². The summed E-state index contributed by atoms with van der Waals surface area (Å²) in [7, 11) is 0. The van der Waals surface area contributed by atoms with Crippen molar-refractivity contribution in [2.45, 2.75) is 70.9 Å². The molecular weight excluding hydrogens is 264 g/mol. The number of fused-ring (bicyclic) bond motifs is 2. The zero-order valence-electron chi connectivity index (χ0n) is 13.3. The van der Waals surface area contributed by atoms with Gasteiger partial charge < -0.3 is 10.2 Å². The van der Waals surface area contributed by atoms with Crippen LogP contribution in [0.5, 0.6) is 0 Å². The lowest BCUT2D eigenvalue weighted by Crippen LogP contribution is -2.52. The molecule has 4 heteroatoms. The van der Waals surface area contributed by atoms with Crippen LogP contribution in [0.1, 0.15) is 58.8 Å². The summed E-state index contributed by atoms with van der Waals surface area (Å²) in [6, 6.07) is 0.339. The van der Waals surface area contributed by atoms with Gasteiger partial charge in [-0.2, -0.15) is 0 Å². The van der Waals surface area contributed by atoms with Gasteiger partial charge in [-0.05, 0) is 70.1 Å². The molecule has 2 aliphatic carbocycles. The van der Waals surface area contributed by atoms with Gasteiger partial charge in [-0.3, -0.25) is 9.59 Å². The first-order chi connectivity index (χ1) is 10.1. The molecule has 0 aromatic heterocycles. The lowest BCUT2D eigenvalue weighted by atomic mass is 9.84. The second-order valence-electron chi connectivity index (χ2n) is 7.44. The quantitative estimate of drug-likeness (QED) is 0.794. The van der Waals surface area contributed by atoms with Crippen LogP contribution in [0.2, 0.25) is 0 Å². The fourth-order valence-corrected chi connectivity index (χ4v) is 4.81. The van der Waals surface area contributed by atoms with E-state index in [1.165, 1.54) is 25.7 Å². The summed E-state index contributed by atoms with van der Waals surface area (Å²) in [5.41, 5.74) is 0. The number of carbonyl (C=O) groups is 2. The van der Waals surface area contributed by atoms with Crippen LogP contribution in [0.15, 0.2) is 0 Å². The van der Waals surface area contributed by atoms with Crippen LogP contribution in [0.4, 0.5) is 0 Å². The molecule has 1 N–H and O–H groups in total. The van der Waals surface area contributed by atoms with Crippen LogP contribution >= 0.6 is 0 Å². The molecule has 2 amide bonds. The predicted molar refractivity (Wildman–Crippen MR) is 81.6 cm³/mol. The van der Waals surface area contributed by atoms with Crippen molar-refractivity contribution in [2.75, 3.05) is 6.54 Å². The van der Waals surface area contributed by atoms with E-state index in [0.29, 0.717) is 5.92 Å². The molecule has 3 fully saturated rings. The number of amides is 2. The molecule has 2 saturated carbocycles. The van der Waals surface area contributed by atoms with Crippen molar-refractivity contribution in [3.63, 3.8) is 0 Å². The average Bonchev–Trinajstić information content (AvgIpc) is 3.09. The third kappa shape index (κ3) is 2.95. The first-order valence-corrected chi connectivity index (χ1v) is 8.67. The van der Waals surface area contributed by atoms with Crippen molar-refractivity contribution >= 4 is 11.8 Å². The third-order valence-corrected chi connectivity index (χ3v) is 6.05. The van der Waals surface area contributed by atoms with E-state index in [4.69, 9.17) is 0 Å². The van der Waals surface area contributed by atoms with Crippen molar-refractivity contribution in [1.82, 2.24) is 10.2 Å². The summed E-state index contributed by atoms with van der Waals surface area (Å²) in [5.74, 6) is 1.52. The molecule has 118 valence electrons. The average molecular weight is 292 g/mol. The maximum absolute atomic E-state index is 12.3. The summed E-state index contributed by atoms with van der Waals surface area (Å²) in [6.45, 7) is 4.86. The van der Waals surface area contributed by atoms with Gasteiger partial charge in [0.15, 0.2) is 0 Å². The standard InChI is InChI=1S/C17H28N2O2/c1-11-5-3-4-8-19(11)17(21)16(20)18-12(2)15-10-13-6-7-14(15)9-13/h11-15H,3-10H2,1-2H3,(H,18,20). The van der Waals surface area contributed by atoms with E-state index in [2.05, 4.69) is 12.2 Å². The molecule has 21 heavy (non-hydrogen) atoms. The second kappa shape index (κ2) is 5.98. The molecule has 0 aromatic carbocycles. The Morgan fingerprint density at radius 1 is 1.14 bits per heavy atom. The number of hydrogen-bond donors (Lipinski definition) is 1. The number of piperidine rings is 1. The summed E-state index contributed by atoms with van der Waals surface area (Å²) in [5, 5.41) is 2.99. The van der Waals surface area contributed by atoms with Crippen molar-refractivity contribution < 1.29 is 9.59 Å². The molecule has 1 saturated heterocycles. The number of rotatable bonds is 2. The Balaban J connectivity index is 1.54. The summed E-state index contributed by atoms with van der Waals surface area (Å²) in [6.07, 6.45) is 8.45. The topological polar surface area (TPSA) is 49.4 Å². The molecule has 4 nitrogen and oxygen atoms in total. The van der Waals surface area contributed by atoms with Gasteiger partial charge in [-0.25, -0.2) is 0 Å². The number of likely N-dealkylation sites (tertiary alicyclic amines) is 1. The minimum atomic E-state index is -0.390. The number of hydrogen-bond acceptors (Lipinski definition) is 2. The molecule has 3 rings (SSSR count). The van der Waals surface area contributed by atoms with Gasteiger partial charge >= 0.3 is 11.8 Å². The largest absolute Gasteiger partial charge is 0.345 e. The van der Waals surface area contributed by atoms with Crippen LogP contribution in [0.25, 0.3) is 0 Å². The number of nitrogens with one attached hydrogen (secondary N) is 1. The molecular formula is C17H28N2O2. The van der Waals surface area contributed by atoms with Crippen molar-refractivity contribution in [1.29, 1.82) is 0 Å². The van der Waals surface area contributed by atoms with E-state index < -0.39 is 0 Å². The molecule has 1 aliphatic heterocycles. The van der Waals surface area contributed by atoms with E-state index in [0.717, 1.165) is 37.6 Å². The smallest absolute Gasteiger partial charge is 0.312 e. The van der Waals surface area contributed by atoms with Crippen LogP contribution in [0.3, 0.4) is 0 Å². The lowest BCUT2D eigenvalue weighted by molar-refractivity contribution is -0.148.